The van der Waals surface area contributed by atoms with Gasteiger partial charge in [0.1, 0.15) is 5.75 Å². The Hall–Kier alpha value is -2.58. The van der Waals surface area contributed by atoms with Crippen molar-refractivity contribution in [2.45, 2.75) is 104 Å². The van der Waals surface area contributed by atoms with Gasteiger partial charge in [0.2, 0.25) is 0 Å². The van der Waals surface area contributed by atoms with Gasteiger partial charge in [0.05, 0.1) is 12.7 Å². The predicted molar refractivity (Wildman–Crippen MR) is 164 cm³/mol. The molecular weight excluding hydrogens is 464 g/mol. The second-order valence-electron chi connectivity index (χ2n) is 10.5. The zero-order chi connectivity index (χ0) is 26.8. The van der Waals surface area contributed by atoms with Gasteiger partial charge in [-0.15, -0.1) is 0 Å². The number of hydrogen-bond acceptors (Lipinski definition) is 2. The molecule has 0 saturated carbocycles. The molecule has 0 heterocycles. The standard InChI is InChI=1S/C36H50O2/c1-4-6-7-8-9-10-11-12-13-14-15-18-29-38-30(3)31-21-23-32(24-22-31)35-19-16-17-20-36(35)33-25-27-34(28-26-33)37-5-2/h16-17,19-28,30H,4-15,18,29H2,1-3H3. The molecule has 0 aliphatic rings. The Labute approximate surface area is 232 Å². The van der Waals surface area contributed by atoms with Crippen LogP contribution in [0.15, 0.2) is 72.8 Å². The summed E-state index contributed by atoms with van der Waals surface area (Å²) in [5, 5.41) is 0. The summed E-state index contributed by atoms with van der Waals surface area (Å²) in [6.07, 6.45) is 16.6. The molecule has 38 heavy (non-hydrogen) atoms. The smallest absolute Gasteiger partial charge is 0.119 e. The summed E-state index contributed by atoms with van der Waals surface area (Å²) in [4.78, 5) is 0. The van der Waals surface area contributed by atoms with E-state index in [9.17, 15) is 0 Å². The van der Waals surface area contributed by atoms with Crippen molar-refractivity contribution in [3.63, 3.8) is 0 Å². The lowest BCUT2D eigenvalue weighted by atomic mass is 9.94. The molecule has 206 valence electrons. The first kappa shape index (κ1) is 30.0. The highest BCUT2D eigenvalue weighted by atomic mass is 16.5. The number of benzene rings is 3. The van der Waals surface area contributed by atoms with Crippen LogP contribution in [-0.4, -0.2) is 13.2 Å². The molecule has 0 N–H and O–H groups in total. The van der Waals surface area contributed by atoms with Crippen LogP contribution in [0.2, 0.25) is 0 Å². The maximum atomic E-state index is 6.18. The zero-order valence-corrected chi connectivity index (χ0v) is 24.2. The molecule has 2 heteroatoms. The molecule has 3 rings (SSSR count). The van der Waals surface area contributed by atoms with Crippen LogP contribution in [0, 0.1) is 0 Å². The molecule has 0 aliphatic carbocycles. The molecule has 1 unspecified atom stereocenters. The van der Waals surface area contributed by atoms with E-state index in [2.05, 4.69) is 74.5 Å². The summed E-state index contributed by atoms with van der Waals surface area (Å²) in [5.41, 5.74) is 6.15. The minimum atomic E-state index is 0.123. The SMILES string of the molecule is CCCCCCCCCCCCCCOC(C)c1ccc(-c2ccccc2-c2ccc(OCC)cc2)cc1. The van der Waals surface area contributed by atoms with Gasteiger partial charge in [-0.05, 0) is 60.2 Å². The number of rotatable bonds is 19. The van der Waals surface area contributed by atoms with E-state index in [0.717, 1.165) is 18.8 Å². The summed E-state index contributed by atoms with van der Waals surface area (Å²) in [5.74, 6) is 0.913. The highest BCUT2D eigenvalue weighted by Gasteiger charge is 2.10. The normalized spacial score (nSPS) is 12.0. The van der Waals surface area contributed by atoms with Crippen molar-refractivity contribution in [3.8, 4) is 28.0 Å². The monoisotopic (exact) mass is 514 g/mol. The Balaban J connectivity index is 1.38. The van der Waals surface area contributed by atoms with E-state index in [-0.39, 0.29) is 6.10 Å². The molecule has 0 bridgehead atoms. The maximum Gasteiger partial charge on any atom is 0.119 e. The Kier molecular flexibility index (Phi) is 14.1. The fourth-order valence-electron chi connectivity index (χ4n) is 5.12. The zero-order valence-electron chi connectivity index (χ0n) is 24.2. The summed E-state index contributed by atoms with van der Waals surface area (Å²) in [6.45, 7) is 8.00. The molecule has 0 amide bonds. The molecule has 0 radical (unpaired) electrons. The van der Waals surface area contributed by atoms with Crippen LogP contribution < -0.4 is 4.74 Å². The van der Waals surface area contributed by atoms with Gasteiger partial charge in [0, 0.05) is 6.61 Å². The van der Waals surface area contributed by atoms with Crippen molar-refractivity contribution in [2.75, 3.05) is 13.2 Å². The number of hydrogen-bond donors (Lipinski definition) is 0. The molecule has 3 aromatic rings. The van der Waals surface area contributed by atoms with Gasteiger partial charge in [0.15, 0.2) is 0 Å². The predicted octanol–water partition coefficient (Wildman–Crippen LogP) is 11.2. The maximum absolute atomic E-state index is 6.18. The van der Waals surface area contributed by atoms with Crippen molar-refractivity contribution in [2.24, 2.45) is 0 Å². The summed E-state index contributed by atoms with van der Waals surface area (Å²) < 4.78 is 11.8. The molecule has 1 atom stereocenters. The van der Waals surface area contributed by atoms with Crippen LogP contribution in [-0.2, 0) is 4.74 Å². The first-order chi connectivity index (χ1) is 18.7. The third-order valence-corrected chi connectivity index (χ3v) is 7.46. The van der Waals surface area contributed by atoms with E-state index in [1.54, 1.807) is 0 Å². The molecule has 0 fully saturated rings. The molecule has 2 nitrogen and oxygen atoms in total. The van der Waals surface area contributed by atoms with E-state index in [4.69, 9.17) is 9.47 Å². The molecule has 0 aliphatic heterocycles. The molecule has 0 spiro atoms. The Bertz CT molecular complexity index is 1010. The topological polar surface area (TPSA) is 18.5 Å². The van der Waals surface area contributed by atoms with Crippen LogP contribution >= 0.6 is 0 Å². The third-order valence-electron chi connectivity index (χ3n) is 7.46. The highest BCUT2D eigenvalue weighted by molar-refractivity contribution is 5.83. The minimum Gasteiger partial charge on any atom is -0.494 e. The lowest BCUT2D eigenvalue weighted by Crippen LogP contribution is -2.02. The van der Waals surface area contributed by atoms with Gasteiger partial charge in [-0.3, -0.25) is 0 Å². The largest absolute Gasteiger partial charge is 0.494 e. The quantitative estimate of drug-likeness (QED) is 0.148. The van der Waals surface area contributed by atoms with Gasteiger partial charge in [-0.1, -0.05) is 138 Å². The lowest BCUT2D eigenvalue weighted by Gasteiger charge is -2.15. The summed E-state index contributed by atoms with van der Waals surface area (Å²) in [7, 11) is 0. The average molecular weight is 515 g/mol. The Morgan fingerprint density at radius 3 is 1.53 bits per heavy atom. The Morgan fingerprint density at radius 1 is 0.553 bits per heavy atom. The van der Waals surface area contributed by atoms with Crippen molar-refractivity contribution >= 4 is 0 Å². The number of ether oxygens (including phenoxy) is 2. The van der Waals surface area contributed by atoms with Gasteiger partial charge in [-0.25, -0.2) is 0 Å². The van der Waals surface area contributed by atoms with Crippen molar-refractivity contribution in [3.05, 3.63) is 78.4 Å². The Morgan fingerprint density at radius 2 is 1.03 bits per heavy atom. The molecular formula is C36H50O2. The van der Waals surface area contributed by atoms with Gasteiger partial charge >= 0.3 is 0 Å². The van der Waals surface area contributed by atoms with E-state index in [0.29, 0.717) is 6.61 Å². The minimum absolute atomic E-state index is 0.123. The van der Waals surface area contributed by atoms with Crippen LogP contribution in [0.5, 0.6) is 5.75 Å². The van der Waals surface area contributed by atoms with E-state index in [1.807, 2.05) is 19.1 Å². The van der Waals surface area contributed by atoms with Crippen molar-refractivity contribution in [1.29, 1.82) is 0 Å². The van der Waals surface area contributed by atoms with Crippen LogP contribution in [0.1, 0.15) is 109 Å². The van der Waals surface area contributed by atoms with Gasteiger partial charge in [0.25, 0.3) is 0 Å². The first-order valence-corrected chi connectivity index (χ1v) is 15.3. The van der Waals surface area contributed by atoms with Crippen LogP contribution in [0.4, 0.5) is 0 Å². The van der Waals surface area contributed by atoms with E-state index < -0.39 is 0 Å². The van der Waals surface area contributed by atoms with E-state index >= 15 is 0 Å². The molecule has 3 aromatic carbocycles. The summed E-state index contributed by atoms with van der Waals surface area (Å²) in [6, 6.07) is 25.9. The average Bonchev–Trinajstić information content (AvgIpc) is 2.96. The second kappa shape index (κ2) is 17.8. The second-order valence-corrected chi connectivity index (χ2v) is 10.5. The van der Waals surface area contributed by atoms with Gasteiger partial charge in [-0.2, -0.15) is 0 Å². The molecule has 0 aromatic heterocycles. The highest BCUT2D eigenvalue weighted by Crippen LogP contribution is 2.33. The van der Waals surface area contributed by atoms with Crippen LogP contribution in [0.3, 0.4) is 0 Å². The lowest BCUT2D eigenvalue weighted by molar-refractivity contribution is 0.0627. The first-order valence-electron chi connectivity index (χ1n) is 15.3. The fraction of sp³-hybridized carbons (Fsp3) is 0.500. The fourth-order valence-corrected chi connectivity index (χ4v) is 5.12. The third kappa shape index (κ3) is 10.3. The van der Waals surface area contributed by atoms with Crippen molar-refractivity contribution < 1.29 is 9.47 Å². The molecule has 0 saturated heterocycles. The van der Waals surface area contributed by atoms with Crippen molar-refractivity contribution in [1.82, 2.24) is 0 Å². The van der Waals surface area contributed by atoms with Crippen LogP contribution in [0.25, 0.3) is 22.3 Å². The summed E-state index contributed by atoms with van der Waals surface area (Å²) >= 11 is 0. The van der Waals surface area contributed by atoms with Gasteiger partial charge < -0.3 is 9.47 Å². The number of unbranched alkanes of at least 4 members (excludes halogenated alkanes) is 11. The van der Waals surface area contributed by atoms with E-state index in [1.165, 1.54) is 98.4 Å².